The Labute approximate surface area is 78.1 Å². The molecule has 0 atom stereocenters. The molecule has 0 radical (unpaired) electrons. The summed E-state index contributed by atoms with van der Waals surface area (Å²) in [4.78, 5) is 22.5. The summed E-state index contributed by atoms with van der Waals surface area (Å²) >= 11 is 0. The first-order valence-electron chi connectivity index (χ1n) is 1.60. The maximum Gasteiger partial charge on any atom is 2.00 e. The standard InChI is InChI=1S/2CH2O4.H2O.Zn/c2*2-1(3)5-4;;/h2*4H,(H,2,3);1H2;/q;;;+2/p-2. The van der Waals surface area contributed by atoms with Crippen LogP contribution in [0.5, 0.6) is 0 Å². The Morgan fingerprint density at radius 1 is 1.00 bits per heavy atom. The van der Waals surface area contributed by atoms with Crippen molar-refractivity contribution < 1.29 is 65.0 Å². The van der Waals surface area contributed by atoms with Crippen LogP contribution < -0.4 is 10.5 Å². The van der Waals surface area contributed by atoms with E-state index in [4.69, 9.17) is 30.3 Å². The summed E-state index contributed by atoms with van der Waals surface area (Å²) < 4.78 is 0. The molecule has 0 aromatic rings. The molecule has 0 aromatic heterocycles. The minimum atomic E-state index is -1.80. The SMILES string of the molecule is O.O=C(O)O[O-].O=C(O)O[O-].[Zn+2]. The third kappa shape index (κ3) is 63.2. The zero-order valence-electron chi connectivity index (χ0n) is 5.55. The first kappa shape index (κ1) is 22.5. The fourth-order valence-corrected chi connectivity index (χ4v) is 0. The van der Waals surface area contributed by atoms with Crippen molar-refractivity contribution in [3.8, 4) is 0 Å². The molecule has 12 heavy (non-hydrogen) atoms. The quantitative estimate of drug-likeness (QED) is 0.256. The minimum Gasteiger partial charge on any atom is -0.659 e. The average Bonchev–Trinajstić information content (AvgIpc) is 1.89. The largest absolute Gasteiger partial charge is 2.00 e. The molecule has 0 rings (SSSR count). The molecule has 0 unspecified atom stereocenters. The van der Waals surface area contributed by atoms with Gasteiger partial charge in [-0.15, -0.1) is 0 Å². The molecule has 0 aliphatic rings. The number of hydrogen-bond donors (Lipinski definition) is 2. The molecular formula is C2H4O9Zn. The van der Waals surface area contributed by atoms with Gasteiger partial charge in [-0.3, -0.25) is 0 Å². The molecule has 0 saturated carbocycles. The van der Waals surface area contributed by atoms with Crippen LogP contribution in [0, 0.1) is 0 Å². The third-order valence-electron chi connectivity index (χ3n) is 0.143. The predicted octanol–water partition coefficient (Wildman–Crippen LogP) is -2.91. The van der Waals surface area contributed by atoms with Gasteiger partial charge in [-0.25, -0.2) is 9.59 Å². The maximum absolute atomic E-state index is 8.83. The van der Waals surface area contributed by atoms with E-state index in [1.54, 1.807) is 0 Å². The van der Waals surface area contributed by atoms with Crippen LogP contribution in [0.15, 0.2) is 0 Å². The molecule has 68 valence electrons. The van der Waals surface area contributed by atoms with Crippen molar-refractivity contribution in [3.63, 3.8) is 0 Å². The van der Waals surface area contributed by atoms with E-state index in [-0.39, 0.29) is 25.0 Å². The van der Waals surface area contributed by atoms with Gasteiger partial charge in [-0.2, -0.15) is 0 Å². The molecule has 0 spiro atoms. The van der Waals surface area contributed by atoms with Crippen LogP contribution in [0.1, 0.15) is 0 Å². The summed E-state index contributed by atoms with van der Waals surface area (Å²) in [5.41, 5.74) is 0. The number of carboxylic acid groups (broad SMARTS) is 2. The summed E-state index contributed by atoms with van der Waals surface area (Å²) in [6, 6.07) is 0. The molecule has 0 aliphatic carbocycles. The molecule has 10 heteroatoms. The van der Waals surface area contributed by atoms with Crippen LogP contribution in [0.4, 0.5) is 9.59 Å². The zero-order chi connectivity index (χ0) is 8.57. The first-order valence-corrected chi connectivity index (χ1v) is 1.60. The molecule has 0 aliphatic heterocycles. The van der Waals surface area contributed by atoms with E-state index in [0.29, 0.717) is 0 Å². The molecule has 0 bridgehead atoms. The van der Waals surface area contributed by atoms with Crippen LogP contribution in [-0.4, -0.2) is 28.0 Å². The monoisotopic (exact) mass is 236 g/mol. The molecule has 0 amide bonds. The van der Waals surface area contributed by atoms with E-state index in [1.165, 1.54) is 0 Å². The van der Waals surface area contributed by atoms with Gasteiger partial charge in [0.25, 0.3) is 0 Å². The average molecular weight is 237 g/mol. The normalized spacial score (nSPS) is 5.50. The van der Waals surface area contributed by atoms with Gasteiger partial charge in [0.2, 0.25) is 0 Å². The van der Waals surface area contributed by atoms with Crippen LogP contribution in [0.25, 0.3) is 0 Å². The Kier molecular flexibility index (Phi) is 31.0. The van der Waals surface area contributed by atoms with Crippen molar-refractivity contribution in [2.75, 3.05) is 0 Å². The summed E-state index contributed by atoms with van der Waals surface area (Å²) in [6.07, 6.45) is -3.60. The number of carbonyl (C=O) groups is 2. The van der Waals surface area contributed by atoms with Gasteiger partial charge >= 0.3 is 31.8 Å². The van der Waals surface area contributed by atoms with Crippen molar-refractivity contribution in [1.29, 1.82) is 0 Å². The molecule has 0 saturated heterocycles. The van der Waals surface area contributed by atoms with Crippen molar-refractivity contribution in [2.45, 2.75) is 0 Å². The van der Waals surface area contributed by atoms with Gasteiger partial charge in [-0.1, -0.05) is 0 Å². The molecular weight excluding hydrogens is 233 g/mol. The Hall–Kier alpha value is -0.957. The van der Waals surface area contributed by atoms with E-state index in [2.05, 4.69) is 9.78 Å². The number of hydrogen-bond acceptors (Lipinski definition) is 6. The second-order valence-corrected chi connectivity index (χ2v) is 0.698. The van der Waals surface area contributed by atoms with E-state index in [1.807, 2.05) is 0 Å². The van der Waals surface area contributed by atoms with Crippen LogP contribution in [-0.2, 0) is 29.3 Å². The van der Waals surface area contributed by atoms with Crippen molar-refractivity contribution >= 4 is 12.3 Å². The summed E-state index contributed by atoms with van der Waals surface area (Å²) in [5.74, 6) is 0. The van der Waals surface area contributed by atoms with E-state index < -0.39 is 12.3 Å². The van der Waals surface area contributed by atoms with E-state index >= 15 is 0 Å². The van der Waals surface area contributed by atoms with Gasteiger partial charge in [-0.05, 0) is 0 Å². The smallest absolute Gasteiger partial charge is 0.659 e. The van der Waals surface area contributed by atoms with Gasteiger partial charge < -0.3 is 36.0 Å². The molecule has 0 heterocycles. The summed E-state index contributed by atoms with van der Waals surface area (Å²) in [7, 11) is 0. The Morgan fingerprint density at radius 2 is 1.08 bits per heavy atom. The van der Waals surface area contributed by atoms with Crippen LogP contribution in [0.2, 0.25) is 0 Å². The van der Waals surface area contributed by atoms with Gasteiger partial charge in [0.05, 0.1) is 0 Å². The molecule has 4 N–H and O–H groups in total. The zero-order valence-corrected chi connectivity index (χ0v) is 8.52. The fraction of sp³-hybridized carbons (Fsp3) is 0. The molecule has 0 fully saturated rings. The Bertz CT molecular complexity index is 97.1. The van der Waals surface area contributed by atoms with Crippen molar-refractivity contribution in [2.24, 2.45) is 0 Å². The van der Waals surface area contributed by atoms with Gasteiger partial charge in [0.1, 0.15) is 0 Å². The second-order valence-electron chi connectivity index (χ2n) is 0.698. The maximum atomic E-state index is 8.83. The first-order chi connectivity index (χ1) is 4.54. The summed E-state index contributed by atoms with van der Waals surface area (Å²) in [6.45, 7) is 0. The Balaban J connectivity index is -0.0000000457. The molecule has 0 aromatic carbocycles. The van der Waals surface area contributed by atoms with Crippen LogP contribution >= 0.6 is 0 Å². The minimum absolute atomic E-state index is 0. The molecule has 9 nitrogen and oxygen atoms in total. The summed E-state index contributed by atoms with van der Waals surface area (Å²) in [5, 5.41) is 31.4. The van der Waals surface area contributed by atoms with E-state index in [0.717, 1.165) is 0 Å². The van der Waals surface area contributed by atoms with Crippen molar-refractivity contribution in [3.05, 3.63) is 0 Å². The third-order valence-corrected chi connectivity index (χ3v) is 0.143. The van der Waals surface area contributed by atoms with E-state index in [9.17, 15) is 0 Å². The fourth-order valence-electron chi connectivity index (χ4n) is 0. The second kappa shape index (κ2) is 16.6. The number of rotatable bonds is 0. The Morgan fingerprint density at radius 3 is 1.08 bits per heavy atom. The topological polar surface area (TPSA) is 171 Å². The van der Waals surface area contributed by atoms with Gasteiger partial charge in [0, 0.05) is 0 Å². The van der Waals surface area contributed by atoms with Gasteiger partial charge in [0.15, 0.2) is 0 Å². The van der Waals surface area contributed by atoms with Crippen molar-refractivity contribution in [1.82, 2.24) is 0 Å². The van der Waals surface area contributed by atoms with Crippen LogP contribution in [0.3, 0.4) is 0 Å². The predicted molar refractivity (Wildman–Crippen MR) is 21.8 cm³/mol.